The molecule has 0 spiro atoms. The largest absolute Gasteiger partial charge is 0.489 e. The summed E-state index contributed by atoms with van der Waals surface area (Å²) in [7, 11) is 0. The second kappa shape index (κ2) is 5.70. The van der Waals surface area contributed by atoms with Gasteiger partial charge in [-0.3, -0.25) is 0 Å². The third-order valence-corrected chi connectivity index (χ3v) is 3.95. The van der Waals surface area contributed by atoms with Gasteiger partial charge in [-0.25, -0.2) is 4.39 Å². The van der Waals surface area contributed by atoms with Crippen LogP contribution in [0, 0.1) is 18.7 Å². The first-order valence-corrected chi connectivity index (χ1v) is 6.78. The van der Waals surface area contributed by atoms with Crippen molar-refractivity contribution in [2.75, 3.05) is 0 Å². The molecule has 1 saturated carbocycles. The van der Waals surface area contributed by atoms with Crippen molar-refractivity contribution in [1.29, 1.82) is 0 Å². The van der Waals surface area contributed by atoms with Crippen LogP contribution < -0.4 is 10.5 Å². The summed E-state index contributed by atoms with van der Waals surface area (Å²) in [5.41, 5.74) is 6.73. The smallest absolute Gasteiger partial charge is 0.126 e. The molecule has 1 aromatic rings. The molecule has 3 unspecified atom stereocenters. The zero-order valence-electron chi connectivity index (χ0n) is 11.2. The van der Waals surface area contributed by atoms with Crippen molar-refractivity contribution in [3.05, 3.63) is 29.6 Å². The van der Waals surface area contributed by atoms with Gasteiger partial charge in [0.2, 0.25) is 0 Å². The van der Waals surface area contributed by atoms with Crippen LogP contribution in [0.25, 0.3) is 0 Å². The Hall–Kier alpha value is -1.09. The van der Waals surface area contributed by atoms with Crippen molar-refractivity contribution in [3.8, 4) is 5.75 Å². The molecule has 0 aliphatic heterocycles. The number of hydrogen-bond acceptors (Lipinski definition) is 2. The molecule has 0 aromatic heterocycles. The van der Waals surface area contributed by atoms with Gasteiger partial charge in [0.15, 0.2) is 0 Å². The molecule has 1 aliphatic rings. The minimum Gasteiger partial charge on any atom is -0.489 e. The fourth-order valence-corrected chi connectivity index (χ4v) is 2.61. The van der Waals surface area contributed by atoms with E-state index in [0.717, 1.165) is 18.6 Å². The van der Waals surface area contributed by atoms with Crippen LogP contribution >= 0.6 is 0 Å². The van der Waals surface area contributed by atoms with Crippen LogP contribution in [0.4, 0.5) is 4.39 Å². The standard InChI is InChI=1S/C15H22FNO/c1-3-11-4-7-14(17)15(9-11)18-12-5-6-13(16)10(2)8-12/h5-6,8,11,14-15H,3-4,7,9,17H2,1-2H3. The molecule has 2 rings (SSSR count). The summed E-state index contributed by atoms with van der Waals surface area (Å²) in [5.74, 6) is 1.24. The number of aryl methyl sites for hydroxylation is 1. The number of nitrogens with two attached hydrogens (primary N) is 1. The average molecular weight is 251 g/mol. The third-order valence-electron chi connectivity index (χ3n) is 3.95. The quantitative estimate of drug-likeness (QED) is 0.893. The maximum Gasteiger partial charge on any atom is 0.126 e. The van der Waals surface area contributed by atoms with E-state index in [-0.39, 0.29) is 18.0 Å². The van der Waals surface area contributed by atoms with Crippen LogP contribution in [0.15, 0.2) is 18.2 Å². The molecule has 2 nitrogen and oxygen atoms in total. The molecule has 3 atom stereocenters. The first kappa shape index (κ1) is 13.3. The molecule has 0 radical (unpaired) electrons. The zero-order valence-corrected chi connectivity index (χ0v) is 11.2. The maximum absolute atomic E-state index is 13.2. The lowest BCUT2D eigenvalue weighted by atomic mass is 9.83. The molecule has 0 amide bonds. The molecule has 2 N–H and O–H groups in total. The Kier molecular flexibility index (Phi) is 4.23. The van der Waals surface area contributed by atoms with E-state index in [1.807, 2.05) is 0 Å². The summed E-state index contributed by atoms with van der Waals surface area (Å²) in [6, 6.07) is 4.98. The van der Waals surface area contributed by atoms with Crippen LogP contribution in [0.5, 0.6) is 5.75 Å². The number of hydrogen-bond donors (Lipinski definition) is 1. The van der Waals surface area contributed by atoms with Crippen molar-refractivity contribution in [1.82, 2.24) is 0 Å². The topological polar surface area (TPSA) is 35.2 Å². The van der Waals surface area contributed by atoms with E-state index in [4.69, 9.17) is 10.5 Å². The lowest BCUT2D eigenvalue weighted by molar-refractivity contribution is 0.101. The van der Waals surface area contributed by atoms with Gasteiger partial charge >= 0.3 is 0 Å². The fourth-order valence-electron chi connectivity index (χ4n) is 2.61. The first-order valence-electron chi connectivity index (χ1n) is 6.78. The summed E-state index contributed by atoms with van der Waals surface area (Å²) in [6.07, 6.45) is 4.46. The van der Waals surface area contributed by atoms with Gasteiger partial charge in [-0.15, -0.1) is 0 Å². The molecule has 1 aliphatic carbocycles. The SMILES string of the molecule is CCC1CCC(N)C(Oc2ccc(F)c(C)c2)C1. The summed E-state index contributed by atoms with van der Waals surface area (Å²) < 4.78 is 19.1. The molecule has 1 fully saturated rings. The van der Waals surface area contributed by atoms with Crippen molar-refractivity contribution in [2.24, 2.45) is 11.7 Å². The molecule has 18 heavy (non-hydrogen) atoms. The number of ether oxygens (including phenoxy) is 1. The average Bonchev–Trinajstić information content (AvgIpc) is 2.36. The van der Waals surface area contributed by atoms with Gasteiger partial charge in [0.05, 0.1) is 0 Å². The highest BCUT2D eigenvalue weighted by atomic mass is 19.1. The maximum atomic E-state index is 13.2. The zero-order chi connectivity index (χ0) is 13.1. The summed E-state index contributed by atoms with van der Waals surface area (Å²) in [5, 5.41) is 0. The highest BCUT2D eigenvalue weighted by molar-refractivity contribution is 5.29. The van der Waals surface area contributed by atoms with E-state index >= 15 is 0 Å². The van der Waals surface area contributed by atoms with E-state index < -0.39 is 0 Å². The van der Waals surface area contributed by atoms with Gasteiger partial charge in [-0.1, -0.05) is 13.3 Å². The summed E-state index contributed by atoms with van der Waals surface area (Å²) in [4.78, 5) is 0. The molecule has 100 valence electrons. The molecule has 1 aromatic carbocycles. The molecular formula is C15H22FNO. The van der Waals surface area contributed by atoms with E-state index in [9.17, 15) is 4.39 Å². The third kappa shape index (κ3) is 3.02. The Morgan fingerprint density at radius 3 is 2.83 bits per heavy atom. The summed E-state index contributed by atoms with van der Waals surface area (Å²) >= 11 is 0. The normalized spacial score (nSPS) is 28.1. The minimum absolute atomic E-state index is 0.0635. The van der Waals surface area contributed by atoms with Gasteiger partial charge in [0, 0.05) is 6.04 Å². The van der Waals surface area contributed by atoms with Crippen LogP contribution in [0.2, 0.25) is 0 Å². The van der Waals surface area contributed by atoms with Crippen LogP contribution in [-0.2, 0) is 0 Å². The molecular weight excluding hydrogens is 229 g/mol. The molecule has 0 heterocycles. The highest BCUT2D eigenvalue weighted by Crippen LogP contribution is 2.29. The monoisotopic (exact) mass is 251 g/mol. The number of rotatable bonds is 3. The second-order valence-electron chi connectivity index (χ2n) is 5.32. The van der Waals surface area contributed by atoms with Gasteiger partial charge in [0.1, 0.15) is 17.7 Å². The van der Waals surface area contributed by atoms with Gasteiger partial charge in [-0.05, 0) is 55.9 Å². The summed E-state index contributed by atoms with van der Waals surface area (Å²) in [6.45, 7) is 3.96. The Bertz CT molecular complexity index is 407. The van der Waals surface area contributed by atoms with E-state index in [0.29, 0.717) is 11.5 Å². The van der Waals surface area contributed by atoms with Crippen molar-refractivity contribution in [2.45, 2.75) is 51.7 Å². The van der Waals surface area contributed by atoms with Gasteiger partial charge in [0.25, 0.3) is 0 Å². The van der Waals surface area contributed by atoms with Gasteiger partial charge in [-0.2, -0.15) is 0 Å². The Morgan fingerprint density at radius 1 is 1.39 bits per heavy atom. The van der Waals surface area contributed by atoms with Crippen LogP contribution in [0.1, 0.15) is 38.2 Å². The Morgan fingerprint density at radius 2 is 2.17 bits per heavy atom. The molecule has 3 heteroatoms. The second-order valence-corrected chi connectivity index (χ2v) is 5.32. The lowest BCUT2D eigenvalue weighted by Crippen LogP contribution is -2.43. The van der Waals surface area contributed by atoms with Gasteiger partial charge < -0.3 is 10.5 Å². The minimum atomic E-state index is -0.193. The number of halogens is 1. The fraction of sp³-hybridized carbons (Fsp3) is 0.600. The highest BCUT2D eigenvalue weighted by Gasteiger charge is 2.28. The van der Waals surface area contributed by atoms with E-state index in [1.54, 1.807) is 19.1 Å². The van der Waals surface area contributed by atoms with E-state index in [2.05, 4.69) is 6.92 Å². The lowest BCUT2D eigenvalue weighted by Gasteiger charge is -2.34. The van der Waals surface area contributed by atoms with Crippen molar-refractivity contribution in [3.63, 3.8) is 0 Å². The predicted octanol–water partition coefficient (Wildman–Crippen LogP) is 3.42. The predicted molar refractivity (Wildman–Crippen MR) is 71.2 cm³/mol. The Balaban J connectivity index is 2.04. The van der Waals surface area contributed by atoms with Crippen LogP contribution in [-0.4, -0.2) is 12.1 Å². The number of benzene rings is 1. The van der Waals surface area contributed by atoms with Crippen molar-refractivity contribution < 1.29 is 9.13 Å². The molecule has 0 bridgehead atoms. The van der Waals surface area contributed by atoms with Crippen molar-refractivity contribution >= 4 is 0 Å². The van der Waals surface area contributed by atoms with Crippen LogP contribution in [0.3, 0.4) is 0 Å². The van der Waals surface area contributed by atoms with E-state index in [1.165, 1.54) is 18.9 Å². The molecule has 0 saturated heterocycles. The Labute approximate surface area is 108 Å². The first-order chi connectivity index (χ1) is 8.60.